The molecule has 1 saturated carbocycles. The minimum Gasteiger partial charge on any atom is -0.349 e. The van der Waals surface area contributed by atoms with E-state index in [9.17, 15) is 9.59 Å². The molecule has 2 fully saturated rings. The van der Waals surface area contributed by atoms with Crippen LogP contribution >= 0.6 is 11.3 Å². The largest absolute Gasteiger partial charge is 0.349 e. The maximum absolute atomic E-state index is 12.3. The number of fused-ring (bicyclic) bond motifs is 1. The molecule has 2 aliphatic rings. The van der Waals surface area contributed by atoms with E-state index < -0.39 is 0 Å². The molecule has 1 aliphatic heterocycles. The number of nitrogens with zero attached hydrogens (tertiary/aromatic N) is 2. The highest BCUT2D eigenvalue weighted by atomic mass is 32.1. The van der Waals surface area contributed by atoms with Gasteiger partial charge in [-0.05, 0) is 67.3 Å². The molecule has 7 heteroatoms. The second-order valence-electron chi connectivity index (χ2n) is 8.19. The van der Waals surface area contributed by atoms with Crippen LogP contribution in [0.25, 0.3) is 10.2 Å². The number of hydrogen-bond acceptors (Lipinski definition) is 5. The molecule has 1 aromatic carbocycles. The van der Waals surface area contributed by atoms with Crippen molar-refractivity contribution in [2.45, 2.75) is 38.3 Å². The van der Waals surface area contributed by atoms with E-state index in [0.29, 0.717) is 23.2 Å². The first-order valence-electron chi connectivity index (χ1n) is 10.2. The molecular weight excluding hydrogens is 384 g/mol. The van der Waals surface area contributed by atoms with Crippen LogP contribution in [-0.4, -0.2) is 39.9 Å². The predicted molar refractivity (Wildman–Crippen MR) is 114 cm³/mol. The van der Waals surface area contributed by atoms with Gasteiger partial charge >= 0.3 is 0 Å². The minimum absolute atomic E-state index is 0.0428. The summed E-state index contributed by atoms with van der Waals surface area (Å²) in [6, 6.07) is 10.3. The second-order valence-corrected chi connectivity index (χ2v) is 9.11. The Morgan fingerprint density at radius 2 is 2.17 bits per heavy atom. The summed E-state index contributed by atoms with van der Waals surface area (Å²) in [6.07, 6.45) is 4.28. The molecule has 1 unspecified atom stereocenters. The van der Waals surface area contributed by atoms with E-state index in [1.54, 1.807) is 0 Å². The van der Waals surface area contributed by atoms with Crippen LogP contribution < -0.4 is 10.9 Å². The lowest BCUT2D eigenvalue weighted by Gasteiger charge is -2.15. The highest BCUT2D eigenvalue weighted by Gasteiger charge is 2.25. The fourth-order valence-electron chi connectivity index (χ4n) is 4.10. The zero-order valence-electron chi connectivity index (χ0n) is 16.2. The number of thiophene rings is 1. The average molecular weight is 409 g/mol. The molecule has 0 spiro atoms. The maximum atomic E-state index is 12.3. The number of carbonyl (C=O) groups is 1. The normalized spacial score (nSPS) is 19.7. The third kappa shape index (κ3) is 4.26. The Morgan fingerprint density at radius 1 is 1.28 bits per heavy atom. The van der Waals surface area contributed by atoms with Gasteiger partial charge in [-0.1, -0.05) is 12.1 Å². The summed E-state index contributed by atoms with van der Waals surface area (Å²) in [7, 11) is 0. The molecule has 6 nitrogen and oxygen atoms in total. The SMILES string of the molecule is O=C(NC1CC1)c1cccc(CC2CCN(Cc3nc4ccsc4c(=O)[nH]3)C2)c1. The third-order valence-corrected chi connectivity index (χ3v) is 6.64. The fraction of sp³-hybridized carbons (Fsp3) is 0.409. The zero-order valence-corrected chi connectivity index (χ0v) is 17.0. The number of nitrogens with one attached hydrogen (secondary N) is 2. The Balaban J connectivity index is 1.20. The molecule has 0 bridgehead atoms. The van der Waals surface area contributed by atoms with Gasteiger partial charge in [0.2, 0.25) is 0 Å². The number of hydrogen-bond donors (Lipinski definition) is 2. The van der Waals surface area contributed by atoms with Gasteiger partial charge < -0.3 is 10.3 Å². The van der Waals surface area contributed by atoms with Crippen LogP contribution in [0.2, 0.25) is 0 Å². The Kier molecular flexibility index (Phi) is 4.93. The molecular formula is C22H24N4O2S. The number of amides is 1. The molecule has 1 amide bonds. The molecule has 150 valence electrons. The van der Waals surface area contributed by atoms with Gasteiger partial charge in [0.05, 0.1) is 12.1 Å². The van der Waals surface area contributed by atoms with Crippen molar-refractivity contribution in [2.24, 2.45) is 5.92 Å². The average Bonchev–Trinajstić information content (AvgIpc) is 3.20. The lowest BCUT2D eigenvalue weighted by Crippen LogP contribution is -2.25. The summed E-state index contributed by atoms with van der Waals surface area (Å²) in [5, 5.41) is 4.96. The number of aromatic nitrogens is 2. The van der Waals surface area contributed by atoms with E-state index >= 15 is 0 Å². The van der Waals surface area contributed by atoms with Crippen LogP contribution in [0.4, 0.5) is 0 Å². The number of H-pyrrole nitrogens is 1. The molecule has 3 heterocycles. The van der Waals surface area contributed by atoms with E-state index in [4.69, 9.17) is 0 Å². The smallest absolute Gasteiger partial charge is 0.268 e. The quantitative estimate of drug-likeness (QED) is 0.657. The molecule has 1 saturated heterocycles. The Bertz CT molecular complexity index is 1100. The van der Waals surface area contributed by atoms with Crippen molar-refractivity contribution in [3.63, 3.8) is 0 Å². The molecule has 1 aliphatic carbocycles. The molecule has 2 aromatic heterocycles. The van der Waals surface area contributed by atoms with Gasteiger partial charge in [-0.25, -0.2) is 4.98 Å². The van der Waals surface area contributed by atoms with Gasteiger partial charge in [-0.15, -0.1) is 11.3 Å². The molecule has 3 aromatic rings. The topological polar surface area (TPSA) is 78.1 Å². The lowest BCUT2D eigenvalue weighted by atomic mass is 9.97. The summed E-state index contributed by atoms with van der Waals surface area (Å²) in [6.45, 7) is 2.64. The van der Waals surface area contributed by atoms with E-state index in [2.05, 4.69) is 26.3 Å². The van der Waals surface area contributed by atoms with Gasteiger partial charge in [-0.2, -0.15) is 0 Å². The van der Waals surface area contributed by atoms with Gasteiger partial charge in [0.1, 0.15) is 10.5 Å². The Labute approximate surface area is 173 Å². The first-order chi connectivity index (χ1) is 14.1. The number of benzene rings is 1. The first kappa shape index (κ1) is 18.5. The maximum Gasteiger partial charge on any atom is 0.268 e. The monoisotopic (exact) mass is 408 g/mol. The van der Waals surface area contributed by atoms with Gasteiger partial charge in [-0.3, -0.25) is 14.5 Å². The fourth-order valence-corrected chi connectivity index (χ4v) is 4.83. The van der Waals surface area contributed by atoms with Gasteiger partial charge in [0.15, 0.2) is 0 Å². The summed E-state index contributed by atoms with van der Waals surface area (Å²) in [4.78, 5) is 34.3. The molecule has 1 atom stereocenters. The second kappa shape index (κ2) is 7.72. The minimum atomic E-state index is -0.0444. The summed E-state index contributed by atoms with van der Waals surface area (Å²) in [5.41, 5.74) is 2.71. The molecule has 0 radical (unpaired) electrons. The highest BCUT2D eigenvalue weighted by molar-refractivity contribution is 7.17. The number of carbonyl (C=O) groups excluding carboxylic acids is 1. The summed E-state index contributed by atoms with van der Waals surface area (Å²) >= 11 is 1.43. The molecule has 2 N–H and O–H groups in total. The van der Waals surface area contributed by atoms with Crippen molar-refractivity contribution in [1.29, 1.82) is 0 Å². The predicted octanol–water partition coefficient (Wildman–Crippen LogP) is 2.94. The highest BCUT2D eigenvalue weighted by Crippen LogP contribution is 2.24. The van der Waals surface area contributed by atoms with Crippen molar-refractivity contribution >= 4 is 27.5 Å². The van der Waals surface area contributed by atoms with Crippen molar-refractivity contribution in [1.82, 2.24) is 20.2 Å². The van der Waals surface area contributed by atoms with Crippen LogP contribution in [0, 0.1) is 5.92 Å². The first-order valence-corrected chi connectivity index (χ1v) is 11.1. The summed E-state index contributed by atoms with van der Waals surface area (Å²) in [5.74, 6) is 1.33. The van der Waals surface area contributed by atoms with Gasteiger partial charge in [0, 0.05) is 18.2 Å². The standard InChI is InChI=1S/C22H24N4O2S/c27-21(23-17-4-5-17)16-3-1-2-14(11-16)10-15-6-8-26(12-15)13-19-24-18-7-9-29-20(18)22(28)25-19/h1-3,7,9,11,15,17H,4-6,8,10,12-13H2,(H,23,27)(H,24,25,28). The molecule has 5 rings (SSSR count). The Hall–Kier alpha value is -2.51. The lowest BCUT2D eigenvalue weighted by molar-refractivity contribution is 0.0951. The van der Waals surface area contributed by atoms with Crippen LogP contribution in [0.1, 0.15) is 41.0 Å². The van der Waals surface area contributed by atoms with Crippen LogP contribution in [0.15, 0.2) is 40.5 Å². The van der Waals surface area contributed by atoms with Crippen LogP contribution in [0.5, 0.6) is 0 Å². The summed E-state index contributed by atoms with van der Waals surface area (Å²) < 4.78 is 0.693. The molecule has 29 heavy (non-hydrogen) atoms. The van der Waals surface area contributed by atoms with Crippen LogP contribution in [0.3, 0.4) is 0 Å². The van der Waals surface area contributed by atoms with E-state index in [1.165, 1.54) is 16.9 Å². The number of aromatic amines is 1. The van der Waals surface area contributed by atoms with Crippen molar-refractivity contribution < 1.29 is 4.79 Å². The number of rotatable bonds is 6. The van der Waals surface area contributed by atoms with Crippen molar-refractivity contribution in [2.75, 3.05) is 13.1 Å². The van der Waals surface area contributed by atoms with E-state index in [1.807, 2.05) is 29.6 Å². The van der Waals surface area contributed by atoms with E-state index in [0.717, 1.165) is 55.7 Å². The Morgan fingerprint density at radius 3 is 3.03 bits per heavy atom. The van der Waals surface area contributed by atoms with Crippen LogP contribution in [-0.2, 0) is 13.0 Å². The number of likely N-dealkylation sites (tertiary alicyclic amines) is 1. The van der Waals surface area contributed by atoms with E-state index in [-0.39, 0.29) is 11.5 Å². The van der Waals surface area contributed by atoms with Gasteiger partial charge in [0.25, 0.3) is 11.5 Å². The van der Waals surface area contributed by atoms with Crippen molar-refractivity contribution in [3.05, 3.63) is 63.0 Å². The van der Waals surface area contributed by atoms with Crippen molar-refractivity contribution in [3.8, 4) is 0 Å². The zero-order chi connectivity index (χ0) is 19.8. The third-order valence-electron chi connectivity index (χ3n) is 5.73.